The van der Waals surface area contributed by atoms with E-state index in [0.29, 0.717) is 30.6 Å². The third kappa shape index (κ3) is 2.98. The third-order valence-electron chi connectivity index (χ3n) is 4.30. The van der Waals surface area contributed by atoms with E-state index in [1.165, 1.54) is 16.4 Å². The summed E-state index contributed by atoms with van der Waals surface area (Å²) in [5.41, 5.74) is 6.68. The van der Waals surface area contributed by atoms with Crippen LogP contribution in [0, 0.1) is 25.1 Å². The molecule has 0 amide bonds. The highest BCUT2D eigenvalue weighted by Gasteiger charge is 2.39. The summed E-state index contributed by atoms with van der Waals surface area (Å²) in [7, 11) is -3.62. The average molecular weight is 314 g/mol. The van der Waals surface area contributed by atoms with Gasteiger partial charge in [-0.15, -0.1) is 0 Å². The zero-order valence-corrected chi connectivity index (χ0v) is 13.8. The van der Waals surface area contributed by atoms with Gasteiger partial charge < -0.3 is 5.73 Å². The molecule has 1 fully saturated rings. The molecule has 118 valence electrons. The van der Waals surface area contributed by atoms with Crippen molar-refractivity contribution in [2.24, 2.45) is 11.1 Å². The van der Waals surface area contributed by atoms with Gasteiger partial charge in [0.15, 0.2) is 0 Å². The summed E-state index contributed by atoms with van der Waals surface area (Å²) in [6.45, 7) is 8.00. The Balaban J connectivity index is 2.44. The number of hydrogen-bond acceptors (Lipinski definition) is 3. The van der Waals surface area contributed by atoms with Crippen LogP contribution in [0.3, 0.4) is 0 Å². The number of aryl methyl sites for hydroxylation is 2. The molecule has 1 unspecified atom stereocenters. The molecule has 0 aromatic heterocycles. The molecule has 6 heteroatoms. The largest absolute Gasteiger partial charge is 0.327 e. The molecule has 2 N–H and O–H groups in total. The number of nitrogens with zero attached hydrogens (tertiary/aromatic N) is 1. The number of benzene rings is 1. The quantitative estimate of drug-likeness (QED) is 0.910. The van der Waals surface area contributed by atoms with Crippen LogP contribution in [-0.4, -0.2) is 31.9 Å². The maximum atomic E-state index is 13.4. The lowest BCUT2D eigenvalue weighted by molar-refractivity contribution is 0.155. The predicted molar refractivity (Wildman–Crippen MR) is 81.0 cm³/mol. The molecule has 2 rings (SSSR count). The van der Waals surface area contributed by atoms with E-state index in [2.05, 4.69) is 0 Å². The van der Waals surface area contributed by atoms with Crippen molar-refractivity contribution >= 4 is 10.0 Å². The van der Waals surface area contributed by atoms with Gasteiger partial charge in [-0.3, -0.25) is 0 Å². The van der Waals surface area contributed by atoms with Gasteiger partial charge in [0, 0.05) is 19.1 Å². The number of nitrogens with two attached hydrogens (primary N) is 1. The van der Waals surface area contributed by atoms with Crippen molar-refractivity contribution in [2.45, 2.75) is 45.1 Å². The highest BCUT2D eigenvalue weighted by molar-refractivity contribution is 7.89. The number of piperidine rings is 1. The predicted octanol–water partition coefficient (Wildman–Crippen LogP) is 2.19. The maximum Gasteiger partial charge on any atom is 0.243 e. The average Bonchev–Trinajstić information content (AvgIpc) is 2.30. The summed E-state index contributed by atoms with van der Waals surface area (Å²) < 4.78 is 40.7. The van der Waals surface area contributed by atoms with Gasteiger partial charge in [0.2, 0.25) is 10.0 Å². The molecule has 21 heavy (non-hydrogen) atoms. The molecule has 0 radical (unpaired) electrons. The molecule has 1 heterocycles. The zero-order valence-electron chi connectivity index (χ0n) is 13.0. The van der Waals surface area contributed by atoms with Crippen LogP contribution < -0.4 is 5.73 Å². The van der Waals surface area contributed by atoms with Gasteiger partial charge >= 0.3 is 0 Å². The van der Waals surface area contributed by atoms with Gasteiger partial charge in [0.1, 0.15) is 5.82 Å². The molecule has 0 saturated carbocycles. The monoisotopic (exact) mass is 314 g/mol. The first-order chi connectivity index (χ1) is 9.55. The molecule has 1 saturated heterocycles. The van der Waals surface area contributed by atoms with Crippen LogP contribution in [0.4, 0.5) is 4.39 Å². The van der Waals surface area contributed by atoms with Gasteiger partial charge in [-0.05, 0) is 48.9 Å². The van der Waals surface area contributed by atoms with Crippen molar-refractivity contribution in [3.8, 4) is 0 Å². The van der Waals surface area contributed by atoms with E-state index in [-0.39, 0.29) is 16.4 Å². The van der Waals surface area contributed by atoms with E-state index in [1.54, 1.807) is 13.8 Å². The Bertz CT molecular complexity index is 633. The van der Waals surface area contributed by atoms with Crippen molar-refractivity contribution in [1.29, 1.82) is 0 Å². The summed E-state index contributed by atoms with van der Waals surface area (Å²) in [4.78, 5) is 0.218. The van der Waals surface area contributed by atoms with Gasteiger partial charge in [-0.2, -0.15) is 4.31 Å². The summed E-state index contributed by atoms with van der Waals surface area (Å²) >= 11 is 0. The lowest BCUT2D eigenvalue weighted by Gasteiger charge is -2.42. The van der Waals surface area contributed by atoms with Crippen LogP contribution in [-0.2, 0) is 10.0 Å². The Morgan fingerprint density at radius 2 is 1.81 bits per heavy atom. The third-order valence-corrected chi connectivity index (χ3v) is 6.45. The van der Waals surface area contributed by atoms with Crippen LogP contribution in [0.15, 0.2) is 17.0 Å². The van der Waals surface area contributed by atoms with Crippen LogP contribution in [0.1, 0.15) is 31.4 Å². The molecule has 4 nitrogen and oxygen atoms in total. The number of halogens is 1. The Labute approximate surface area is 126 Å². The molecule has 1 aliphatic rings. The minimum absolute atomic E-state index is 0.0145. The number of rotatable bonds is 2. The molecule has 1 aromatic carbocycles. The molecule has 0 spiro atoms. The van der Waals surface area contributed by atoms with Gasteiger partial charge in [0.05, 0.1) is 4.90 Å². The number of hydrogen-bond donors (Lipinski definition) is 1. The van der Waals surface area contributed by atoms with Crippen molar-refractivity contribution in [3.63, 3.8) is 0 Å². The molecular weight excluding hydrogens is 291 g/mol. The normalized spacial score (nSPS) is 23.2. The molecular formula is C15H23FN2O2S. The van der Waals surface area contributed by atoms with Crippen LogP contribution in [0.25, 0.3) is 0 Å². The van der Waals surface area contributed by atoms with Crippen molar-refractivity contribution in [1.82, 2.24) is 4.31 Å². The summed E-state index contributed by atoms with van der Waals surface area (Å²) in [5, 5.41) is 0. The van der Waals surface area contributed by atoms with E-state index in [9.17, 15) is 12.8 Å². The first kappa shape index (κ1) is 16.4. The first-order valence-corrected chi connectivity index (χ1v) is 8.52. The molecule has 1 aromatic rings. The van der Waals surface area contributed by atoms with Crippen molar-refractivity contribution < 1.29 is 12.8 Å². The lowest BCUT2D eigenvalue weighted by Crippen LogP contribution is -2.54. The van der Waals surface area contributed by atoms with E-state index < -0.39 is 15.8 Å². The van der Waals surface area contributed by atoms with Crippen molar-refractivity contribution in [2.75, 3.05) is 13.1 Å². The van der Waals surface area contributed by atoms with E-state index >= 15 is 0 Å². The Morgan fingerprint density at radius 1 is 1.29 bits per heavy atom. The molecule has 0 aliphatic carbocycles. The Hall–Kier alpha value is -0.980. The summed E-state index contributed by atoms with van der Waals surface area (Å²) in [5.74, 6) is -0.412. The standard InChI is InChI=1S/C15H23FN2O2S/c1-10-7-12(16)8-11(2)14(10)21(19,20)18-6-5-13(17)15(3,4)9-18/h7-8,13H,5-6,9,17H2,1-4H3. The second-order valence-corrected chi connectivity index (χ2v) is 8.47. The minimum atomic E-state index is -3.62. The van der Waals surface area contributed by atoms with Gasteiger partial charge in [-0.1, -0.05) is 13.8 Å². The smallest absolute Gasteiger partial charge is 0.243 e. The summed E-state index contributed by atoms with van der Waals surface area (Å²) in [6, 6.07) is 2.51. The highest BCUT2D eigenvalue weighted by Crippen LogP contribution is 2.33. The lowest BCUT2D eigenvalue weighted by atomic mass is 9.81. The Morgan fingerprint density at radius 3 is 2.29 bits per heavy atom. The zero-order chi connectivity index (χ0) is 16.0. The van der Waals surface area contributed by atoms with Crippen molar-refractivity contribution in [3.05, 3.63) is 29.1 Å². The SMILES string of the molecule is Cc1cc(F)cc(C)c1S(=O)(=O)N1CCC(N)C(C)(C)C1. The minimum Gasteiger partial charge on any atom is -0.327 e. The fourth-order valence-electron chi connectivity index (χ4n) is 2.96. The second-order valence-electron chi connectivity index (χ2n) is 6.59. The van der Waals surface area contributed by atoms with Crippen LogP contribution >= 0.6 is 0 Å². The van der Waals surface area contributed by atoms with E-state index in [4.69, 9.17) is 5.73 Å². The fourth-order valence-corrected chi connectivity index (χ4v) is 5.00. The van der Waals surface area contributed by atoms with Crippen LogP contribution in [0.5, 0.6) is 0 Å². The molecule has 0 bridgehead atoms. The highest BCUT2D eigenvalue weighted by atomic mass is 32.2. The van der Waals surface area contributed by atoms with E-state index in [1.807, 2.05) is 13.8 Å². The molecule has 1 atom stereocenters. The summed E-state index contributed by atoms with van der Waals surface area (Å²) in [6.07, 6.45) is 0.630. The molecule has 1 aliphatic heterocycles. The first-order valence-electron chi connectivity index (χ1n) is 7.08. The number of sulfonamides is 1. The second kappa shape index (κ2) is 5.34. The maximum absolute atomic E-state index is 13.4. The van der Waals surface area contributed by atoms with Gasteiger partial charge in [0.25, 0.3) is 0 Å². The Kier molecular flexibility index (Phi) is 4.17. The van der Waals surface area contributed by atoms with Crippen LogP contribution in [0.2, 0.25) is 0 Å². The fraction of sp³-hybridized carbons (Fsp3) is 0.600. The van der Waals surface area contributed by atoms with E-state index in [0.717, 1.165) is 0 Å². The van der Waals surface area contributed by atoms with Gasteiger partial charge in [-0.25, -0.2) is 12.8 Å². The topological polar surface area (TPSA) is 63.4 Å².